The van der Waals surface area contributed by atoms with Gasteiger partial charge in [-0.1, -0.05) is 26.0 Å². The molecule has 0 aliphatic rings. The number of fused-ring (bicyclic) bond motifs is 1. The minimum atomic E-state index is -1.48. The first-order valence-electron chi connectivity index (χ1n) is 10.8. The summed E-state index contributed by atoms with van der Waals surface area (Å²) in [4.78, 5) is 11.7. The molecule has 0 aliphatic carbocycles. The highest BCUT2D eigenvalue weighted by molar-refractivity contribution is 6.04. The van der Waals surface area contributed by atoms with Crippen LogP contribution in [0.3, 0.4) is 0 Å². The lowest BCUT2D eigenvalue weighted by atomic mass is 9.81. The molecule has 0 saturated heterocycles. The SMILES string of the molecule is COc1cc(-n2c(C(C)(C)CC#N)c(-c3cccc(C(=O)O)c3)c3c(O)c(F)c(F)cc32)ccc1F. The smallest absolute Gasteiger partial charge is 0.335 e. The van der Waals surface area contributed by atoms with Crippen molar-refractivity contribution in [2.45, 2.75) is 25.7 Å². The van der Waals surface area contributed by atoms with E-state index in [4.69, 9.17) is 4.74 Å². The molecule has 4 rings (SSSR count). The minimum absolute atomic E-state index is 0.0387. The maximum absolute atomic E-state index is 14.7. The van der Waals surface area contributed by atoms with Crippen LogP contribution in [0.25, 0.3) is 27.7 Å². The van der Waals surface area contributed by atoms with Gasteiger partial charge in [0.15, 0.2) is 23.1 Å². The van der Waals surface area contributed by atoms with Gasteiger partial charge in [-0.2, -0.15) is 9.65 Å². The van der Waals surface area contributed by atoms with Gasteiger partial charge in [-0.05, 0) is 29.8 Å². The van der Waals surface area contributed by atoms with Crippen molar-refractivity contribution in [3.05, 3.63) is 77.2 Å². The van der Waals surface area contributed by atoms with Crippen molar-refractivity contribution in [3.63, 3.8) is 0 Å². The molecule has 6 nitrogen and oxygen atoms in total. The van der Waals surface area contributed by atoms with Gasteiger partial charge in [-0.15, -0.1) is 0 Å². The largest absolute Gasteiger partial charge is 0.504 e. The van der Waals surface area contributed by atoms with Gasteiger partial charge in [0.1, 0.15) is 0 Å². The minimum Gasteiger partial charge on any atom is -0.504 e. The summed E-state index contributed by atoms with van der Waals surface area (Å²) < 4.78 is 50.1. The van der Waals surface area contributed by atoms with Crippen LogP contribution < -0.4 is 4.74 Å². The average molecular weight is 494 g/mol. The number of nitrogens with zero attached hydrogens (tertiary/aromatic N) is 2. The topological polar surface area (TPSA) is 95.5 Å². The molecule has 0 atom stereocenters. The fourth-order valence-corrected chi connectivity index (χ4v) is 4.44. The van der Waals surface area contributed by atoms with Crippen LogP contribution in [0, 0.1) is 28.8 Å². The molecule has 0 spiro atoms. The summed E-state index contributed by atoms with van der Waals surface area (Å²) in [6, 6.07) is 12.7. The van der Waals surface area contributed by atoms with E-state index in [1.54, 1.807) is 19.9 Å². The third kappa shape index (κ3) is 3.90. The molecule has 2 N–H and O–H groups in total. The van der Waals surface area contributed by atoms with Gasteiger partial charge >= 0.3 is 5.97 Å². The fraction of sp³-hybridized carbons (Fsp3) is 0.185. The van der Waals surface area contributed by atoms with Crippen LogP contribution in [0.5, 0.6) is 11.5 Å². The predicted octanol–water partition coefficient (Wildman–Crippen LogP) is 6.32. The van der Waals surface area contributed by atoms with Gasteiger partial charge in [-0.3, -0.25) is 0 Å². The molecule has 0 aliphatic heterocycles. The lowest BCUT2D eigenvalue weighted by Crippen LogP contribution is -2.22. The second kappa shape index (κ2) is 8.96. The summed E-state index contributed by atoms with van der Waals surface area (Å²) in [5.74, 6) is -5.73. The molecule has 1 heterocycles. The normalized spacial score (nSPS) is 11.5. The summed E-state index contributed by atoms with van der Waals surface area (Å²) in [7, 11) is 1.28. The van der Waals surface area contributed by atoms with Crippen LogP contribution in [0.2, 0.25) is 0 Å². The molecule has 1 aromatic heterocycles. The number of carboxylic acids is 1. The van der Waals surface area contributed by atoms with E-state index in [0.29, 0.717) is 16.9 Å². The molecule has 36 heavy (non-hydrogen) atoms. The van der Waals surface area contributed by atoms with Gasteiger partial charge in [0, 0.05) is 40.9 Å². The highest BCUT2D eigenvalue weighted by Gasteiger charge is 2.34. The Morgan fingerprint density at radius 3 is 2.47 bits per heavy atom. The summed E-state index contributed by atoms with van der Waals surface area (Å²) >= 11 is 0. The number of carbonyl (C=O) groups is 1. The van der Waals surface area contributed by atoms with Gasteiger partial charge < -0.3 is 19.5 Å². The molecule has 3 aromatic carbocycles. The van der Waals surface area contributed by atoms with Crippen molar-refractivity contribution in [3.8, 4) is 34.4 Å². The molecule has 184 valence electrons. The molecule has 0 bridgehead atoms. The van der Waals surface area contributed by atoms with Gasteiger partial charge in [0.05, 0.1) is 29.6 Å². The molecular weight excluding hydrogens is 473 g/mol. The maximum atomic E-state index is 14.7. The number of hydrogen-bond acceptors (Lipinski definition) is 4. The number of phenolic OH excluding ortho intramolecular Hbond substituents is 1. The summed E-state index contributed by atoms with van der Waals surface area (Å²) in [5.41, 5.74) is 0.160. The first kappa shape index (κ1) is 24.7. The van der Waals surface area contributed by atoms with Crippen LogP contribution in [0.4, 0.5) is 13.2 Å². The summed E-state index contributed by atoms with van der Waals surface area (Å²) in [6.45, 7) is 3.46. The standard InChI is InChI=1S/C27H21F3N2O4/c1-27(2,9-10-31)25-21(14-5-4-6-15(11-14)26(34)35)22-19(13-18(29)23(30)24(22)33)32(25)16-7-8-17(28)20(12-16)36-3/h4-8,11-13,33H,9H2,1-3H3,(H,34,35). The van der Waals surface area contributed by atoms with Crippen LogP contribution in [0.1, 0.15) is 36.3 Å². The Balaban J connectivity index is 2.28. The number of aromatic hydroxyl groups is 1. The van der Waals surface area contributed by atoms with Crippen molar-refractivity contribution < 1.29 is 32.9 Å². The number of rotatable bonds is 6. The lowest BCUT2D eigenvalue weighted by Gasteiger charge is -2.27. The van der Waals surface area contributed by atoms with Crippen molar-refractivity contribution in [2.75, 3.05) is 7.11 Å². The van der Waals surface area contributed by atoms with Crippen LogP contribution >= 0.6 is 0 Å². The van der Waals surface area contributed by atoms with E-state index in [1.165, 1.54) is 42.0 Å². The summed E-state index contributed by atoms with van der Waals surface area (Å²) in [6.07, 6.45) is -0.0427. The Morgan fingerprint density at radius 1 is 1.11 bits per heavy atom. The molecule has 0 fully saturated rings. The molecule has 4 aromatic rings. The van der Waals surface area contributed by atoms with Crippen molar-refractivity contribution in [2.24, 2.45) is 0 Å². The predicted molar refractivity (Wildman–Crippen MR) is 127 cm³/mol. The number of phenols is 1. The highest BCUT2D eigenvalue weighted by Crippen LogP contribution is 2.48. The average Bonchev–Trinajstić information content (AvgIpc) is 3.19. The van der Waals surface area contributed by atoms with Crippen LogP contribution in [-0.2, 0) is 5.41 Å². The zero-order chi connectivity index (χ0) is 26.4. The second-order valence-corrected chi connectivity index (χ2v) is 8.90. The number of halogens is 3. The van der Waals surface area contributed by atoms with Gasteiger partial charge in [-0.25, -0.2) is 13.6 Å². The van der Waals surface area contributed by atoms with Gasteiger partial charge in [0.25, 0.3) is 0 Å². The maximum Gasteiger partial charge on any atom is 0.335 e. The molecular formula is C27H21F3N2O4. The zero-order valence-electron chi connectivity index (χ0n) is 19.6. The Morgan fingerprint density at radius 2 is 1.83 bits per heavy atom. The lowest BCUT2D eigenvalue weighted by molar-refractivity contribution is 0.0697. The summed E-state index contributed by atoms with van der Waals surface area (Å²) in [5, 5.41) is 29.8. The fourth-order valence-electron chi connectivity index (χ4n) is 4.44. The van der Waals surface area contributed by atoms with E-state index in [2.05, 4.69) is 6.07 Å². The molecule has 0 radical (unpaired) electrons. The number of nitriles is 1. The second-order valence-electron chi connectivity index (χ2n) is 8.90. The van der Waals surface area contributed by atoms with Gasteiger partial charge in [0.2, 0.25) is 5.82 Å². The molecule has 0 amide bonds. The van der Waals surface area contributed by atoms with E-state index >= 15 is 0 Å². The molecule has 0 saturated carbocycles. The third-order valence-electron chi connectivity index (χ3n) is 6.08. The van der Waals surface area contributed by atoms with E-state index in [-0.39, 0.29) is 34.2 Å². The quantitative estimate of drug-likeness (QED) is 0.327. The highest BCUT2D eigenvalue weighted by atomic mass is 19.2. The first-order chi connectivity index (χ1) is 17.0. The molecule has 0 unspecified atom stereocenters. The Hall–Kier alpha value is -4.45. The van der Waals surface area contributed by atoms with Crippen LogP contribution in [0.15, 0.2) is 48.5 Å². The first-order valence-corrected chi connectivity index (χ1v) is 10.8. The number of aromatic carboxylic acids is 1. The Kier molecular flexibility index (Phi) is 6.14. The number of aromatic nitrogens is 1. The third-order valence-corrected chi connectivity index (χ3v) is 6.08. The van der Waals surface area contributed by atoms with Crippen molar-refractivity contribution >= 4 is 16.9 Å². The van der Waals surface area contributed by atoms with E-state index in [0.717, 1.165) is 12.1 Å². The van der Waals surface area contributed by atoms with Crippen LogP contribution in [-0.4, -0.2) is 27.9 Å². The zero-order valence-corrected chi connectivity index (χ0v) is 19.6. The van der Waals surface area contributed by atoms with E-state index in [9.17, 15) is 33.4 Å². The molecule has 9 heteroatoms. The number of hydrogen-bond donors (Lipinski definition) is 2. The number of carboxylic acid groups (broad SMARTS) is 1. The number of ether oxygens (including phenoxy) is 1. The van der Waals surface area contributed by atoms with Crippen molar-refractivity contribution in [1.82, 2.24) is 4.57 Å². The monoisotopic (exact) mass is 494 g/mol. The van der Waals surface area contributed by atoms with E-state index < -0.39 is 34.6 Å². The number of methoxy groups -OCH3 is 1. The Bertz CT molecular complexity index is 1570. The van der Waals surface area contributed by atoms with E-state index in [1.807, 2.05) is 0 Å². The Labute approximate surface area is 204 Å². The number of benzene rings is 3. The van der Waals surface area contributed by atoms with Crippen molar-refractivity contribution in [1.29, 1.82) is 5.26 Å².